The van der Waals surface area contributed by atoms with E-state index in [9.17, 15) is 10.1 Å². The first-order valence-electron chi connectivity index (χ1n) is 7.07. The summed E-state index contributed by atoms with van der Waals surface area (Å²) in [6, 6.07) is 15.2. The molecule has 1 N–H and O–H groups in total. The van der Waals surface area contributed by atoms with Crippen LogP contribution in [0, 0.1) is 10.1 Å². The molecule has 2 aromatic carbocycles. The van der Waals surface area contributed by atoms with E-state index in [1.165, 1.54) is 0 Å². The zero-order chi connectivity index (χ0) is 16.4. The smallest absolute Gasteiger partial charge is 0.292 e. The number of rotatable bonds is 4. The Hall–Kier alpha value is -2.54. The lowest BCUT2D eigenvalue weighted by Gasteiger charge is -2.15. The number of thioether (sulfide) groups is 1. The summed E-state index contributed by atoms with van der Waals surface area (Å²) in [6.45, 7) is 0. The second-order valence-electron chi connectivity index (χ2n) is 5.31. The summed E-state index contributed by atoms with van der Waals surface area (Å²) >= 11 is 1.55. The number of anilines is 1. The molecule has 0 bridgehead atoms. The van der Waals surface area contributed by atoms with E-state index in [1.54, 1.807) is 42.9 Å². The number of hydrogen-bond donors (Lipinski definition) is 1. The van der Waals surface area contributed by atoms with E-state index in [2.05, 4.69) is 10.5 Å². The first-order chi connectivity index (χ1) is 11.1. The fourth-order valence-electron chi connectivity index (χ4n) is 2.37. The lowest BCUT2D eigenvalue weighted by molar-refractivity contribution is -0.384. The van der Waals surface area contributed by atoms with Gasteiger partial charge in [0.15, 0.2) is 0 Å². The van der Waals surface area contributed by atoms with Gasteiger partial charge >= 0.3 is 0 Å². The van der Waals surface area contributed by atoms with Crippen LogP contribution in [0.1, 0.15) is 16.5 Å². The van der Waals surface area contributed by atoms with Crippen molar-refractivity contribution in [1.82, 2.24) is 5.43 Å². The monoisotopic (exact) mass is 328 g/mol. The van der Waals surface area contributed by atoms with E-state index >= 15 is 0 Å². The van der Waals surface area contributed by atoms with E-state index in [1.807, 2.05) is 36.4 Å². The van der Waals surface area contributed by atoms with Crippen molar-refractivity contribution >= 4 is 28.2 Å². The average molecular weight is 328 g/mol. The maximum atomic E-state index is 11.3. The maximum Gasteiger partial charge on any atom is 0.292 e. The van der Waals surface area contributed by atoms with Crippen molar-refractivity contribution in [2.75, 3.05) is 19.0 Å². The zero-order valence-corrected chi connectivity index (χ0v) is 13.6. The standard InChI is InChI=1S/C16H16N4O2S/c1-19(2)13-9-8-12(10-14(13)20(21)22)16-18-17-15(23-16)11-6-4-3-5-7-11/h3-10,16,18H,1-2H3. The summed E-state index contributed by atoms with van der Waals surface area (Å²) in [5.41, 5.74) is 5.61. The van der Waals surface area contributed by atoms with Crippen LogP contribution in [0.2, 0.25) is 0 Å². The number of nitrogens with one attached hydrogen (secondary N) is 1. The van der Waals surface area contributed by atoms with E-state index in [0.29, 0.717) is 5.69 Å². The molecule has 0 spiro atoms. The van der Waals surface area contributed by atoms with Crippen LogP contribution in [0.4, 0.5) is 11.4 Å². The van der Waals surface area contributed by atoms with E-state index < -0.39 is 0 Å². The van der Waals surface area contributed by atoms with Gasteiger partial charge in [-0.1, -0.05) is 48.2 Å². The van der Waals surface area contributed by atoms with Gasteiger partial charge in [0.25, 0.3) is 5.69 Å². The summed E-state index contributed by atoms with van der Waals surface area (Å²) in [7, 11) is 3.59. The van der Waals surface area contributed by atoms with Crippen LogP contribution in [0.25, 0.3) is 0 Å². The molecule has 7 heteroatoms. The summed E-state index contributed by atoms with van der Waals surface area (Å²) in [6.07, 6.45) is 0. The summed E-state index contributed by atoms with van der Waals surface area (Å²) in [4.78, 5) is 12.7. The van der Waals surface area contributed by atoms with E-state index in [-0.39, 0.29) is 16.0 Å². The highest BCUT2D eigenvalue weighted by Crippen LogP contribution is 2.37. The third kappa shape index (κ3) is 3.14. The second kappa shape index (κ2) is 6.29. The van der Waals surface area contributed by atoms with Gasteiger partial charge in [-0.15, -0.1) is 0 Å². The normalized spacial score (nSPS) is 16.6. The Morgan fingerprint density at radius 1 is 1.22 bits per heavy atom. The number of nitro groups is 1. The van der Waals surface area contributed by atoms with Crippen LogP contribution in [0.15, 0.2) is 53.6 Å². The molecular weight excluding hydrogens is 312 g/mol. The third-order valence-electron chi connectivity index (χ3n) is 3.51. The average Bonchev–Trinajstić information content (AvgIpc) is 3.05. The van der Waals surface area contributed by atoms with Gasteiger partial charge in [-0.2, -0.15) is 5.10 Å². The van der Waals surface area contributed by atoms with Crippen molar-refractivity contribution in [3.05, 3.63) is 69.8 Å². The van der Waals surface area contributed by atoms with Gasteiger partial charge < -0.3 is 4.90 Å². The van der Waals surface area contributed by atoms with Crippen LogP contribution < -0.4 is 10.3 Å². The minimum atomic E-state index is -0.350. The molecule has 0 amide bonds. The fraction of sp³-hybridized carbons (Fsp3) is 0.188. The lowest BCUT2D eigenvalue weighted by Crippen LogP contribution is -2.12. The van der Waals surface area contributed by atoms with Gasteiger partial charge in [-0.05, 0) is 11.6 Å². The third-order valence-corrected chi connectivity index (χ3v) is 4.68. The maximum absolute atomic E-state index is 11.3. The van der Waals surface area contributed by atoms with E-state index in [0.717, 1.165) is 16.2 Å². The number of nitro benzene ring substituents is 1. The lowest BCUT2D eigenvalue weighted by atomic mass is 10.1. The molecule has 0 fully saturated rings. The highest BCUT2D eigenvalue weighted by Gasteiger charge is 2.25. The quantitative estimate of drug-likeness (QED) is 0.688. The van der Waals surface area contributed by atoms with Crippen molar-refractivity contribution in [3.63, 3.8) is 0 Å². The molecule has 23 heavy (non-hydrogen) atoms. The minimum absolute atomic E-state index is 0.100. The Balaban J connectivity index is 1.84. The van der Waals surface area contributed by atoms with E-state index in [4.69, 9.17) is 0 Å². The molecule has 1 aliphatic rings. The molecule has 0 radical (unpaired) electrons. The molecule has 0 aliphatic carbocycles. The molecule has 6 nitrogen and oxygen atoms in total. The molecule has 1 unspecified atom stereocenters. The molecule has 1 heterocycles. The predicted molar refractivity (Wildman–Crippen MR) is 93.9 cm³/mol. The van der Waals surface area contributed by atoms with Crippen LogP contribution in [0.3, 0.4) is 0 Å². The molecule has 1 atom stereocenters. The Bertz CT molecular complexity index is 762. The van der Waals surface area contributed by atoms with Crippen molar-refractivity contribution in [2.45, 2.75) is 5.37 Å². The first kappa shape index (κ1) is 15.4. The van der Waals surface area contributed by atoms with Crippen molar-refractivity contribution in [2.24, 2.45) is 5.10 Å². The topological polar surface area (TPSA) is 70.8 Å². The SMILES string of the molecule is CN(C)c1ccc(C2NN=C(c3ccccc3)S2)cc1[N+](=O)[O-]. The van der Waals surface area contributed by atoms with Crippen LogP contribution in [-0.4, -0.2) is 24.1 Å². The molecule has 1 aliphatic heterocycles. The first-order valence-corrected chi connectivity index (χ1v) is 7.95. The van der Waals surface area contributed by atoms with Crippen molar-refractivity contribution < 1.29 is 4.92 Å². The molecule has 118 valence electrons. The zero-order valence-electron chi connectivity index (χ0n) is 12.8. The molecule has 2 aromatic rings. The fourth-order valence-corrected chi connectivity index (χ4v) is 3.35. The van der Waals surface area contributed by atoms with Crippen molar-refractivity contribution in [3.8, 4) is 0 Å². The van der Waals surface area contributed by atoms with Crippen LogP contribution in [0.5, 0.6) is 0 Å². The highest BCUT2D eigenvalue weighted by molar-refractivity contribution is 8.14. The van der Waals surface area contributed by atoms with Crippen LogP contribution in [-0.2, 0) is 0 Å². The number of benzene rings is 2. The van der Waals surface area contributed by atoms with Gasteiger partial charge in [0.05, 0.1) is 4.92 Å². The predicted octanol–water partition coefficient (Wildman–Crippen LogP) is 3.36. The molecule has 0 saturated carbocycles. The Kier molecular flexibility index (Phi) is 4.20. The largest absolute Gasteiger partial charge is 0.372 e. The van der Waals surface area contributed by atoms with Gasteiger partial charge in [0.1, 0.15) is 16.1 Å². The summed E-state index contributed by atoms with van der Waals surface area (Å²) in [5.74, 6) is 0. The second-order valence-corrected chi connectivity index (χ2v) is 6.40. The number of hydrazone groups is 1. The molecule has 0 saturated heterocycles. The Labute approximate surface area is 138 Å². The molecular formula is C16H16N4O2S. The number of hydrogen-bond acceptors (Lipinski definition) is 6. The van der Waals surface area contributed by atoms with Gasteiger partial charge in [0.2, 0.25) is 0 Å². The molecule has 0 aromatic heterocycles. The summed E-state index contributed by atoms with van der Waals surface area (Å²) < 4.78 is 0. The van der Waals surface area contributed by atoms with Gasteiger partial charge in [0, 0.05) is 25.7 Å². The Morgan fingerprint density at radius 3 is 2.61 bits per heavy atom. The van der Waals surface area contributed by atoms with Gasteiger partial charge in [-0.3, -0.25) is 15.5 Å². The Morgan fingerprint density at radius 2 is 1.96 bits per heavy atom. The summed E-state index contributed by atoms with van der Waals surface area (Å²) in [5, 5.41) is 16.4. The molecule has 3 rings (SSSR count). The van der Waals surface area contributed by atoms with Gasteiger partial charge in [-0.25, -0.2) is 0 Å². The minimum Gasteiger partial charge on any atom is -0.372 e. The van der Waals surface area contributed by atoms with Crippen molar-refractivity contribution in [1.29, 1.82) is 0 Å². The highest BCUT2D eigenvalue weighted by atomic mass is 32.2. The van der Waals surface area contributed by atoms with Crippen LogP contribution >= 0.6 is 11.8 Å². The number of nitrogens with zero attached hydrogens (tertiary/aromatic N) is 3.